The van der Waals surface area contributed by atoms with Gasteiger partial charge in [-0.15, -0.1) is 0 Å². The zero-order valence-electron chi connectivity index (χ0n) is 10.5. The van der Waals surface area contributed by atoms with E-state index in [1.165, 1.54) is 42.1 Å². The highest BCUT2D eigenvalue weighted by Crippen LogP contribution is 2.23. The molecule has 0 aliphatic heterocycles. The molecular formula is C15H19ClN2. The molecule has 2 N–H and O–H groups in total. The van der Waals surface area contributed by atoms with E-state index >= 15 is 0 Å². The predicted molar refractivity (Wildman–Crippen MR) is 77.3 cm³/mol. The van der Waals surface area contributed by atoms with Gasteiger partial charge in [0.2, 0.25) is 0 Å². The lowest BCUT2D eigenvalue weighted by molar-refractivity contribution is 0.528. The van der Waals surface area contributed by atoms with Crippen molar-refractivity contribution < 1.29 is 0 Å². The van der Waals surface area contributed by atoms with Crippen LogP contribution in [0.15, 0.2) is 24.4 Å². The molecule has 96 valence electrons. The summed E-state index contributed by atoms with van der Waals surface area (Å²) in [6.45, 7) is 1.06. The van der Waals surface area contributed by atoms with E-state index in [-0.39, 0.29) is 0 Å². The summed E-state index contributed by atoms with van der Waals surface area (Å²) >= 11 is 6.06. The van der Waals surface area contributed by atoms with Crippen molar-refractivity contribution in [3.63, 3.8) is 0 Å². The molecule has 1 aromatic carbocycles. The van der Waals surface area contributed by atoms with Gasteiger partial charge in [-0.05, 0) is 49.6 Å². The van der Waals surface area contributed by atoms with Crippen LogP contribution >= 0.6 is 11.6 Å². The van der Waals surface area contributed by atoms with Crippen LogP contribution in [-0.4, -0.2) is 17.6 Å². The third kappa shape index (κ3) is 2.55. The topological polar surface area (TPSA) is 27.8 Å². The van der Waals surface area contributed by atoms with Crippen LogP contribution in [0.2, 0.25) is 5.02 Å². The van der Waals surface area contributed by atoms with Crippen molar-refractivity contribution in [2.45, 2.75) is 38.1 Å². The third-order valence-electron chi connectivity index (χ3n) is 3.91. The minimum atomic E-state index is 0.749. The molecule has 2 aromatic rings. The molecule has 18 heavy (non-hydrogen) atoms. The molecule has 3 heteroatoms. The van der Waals surface area contributed by atoms with Crippen LogP contribution < -0.4 is 5.32 Å². The summed E-state index contributed by atoms with van der Waals surface area (Å²) in [5.41, 5.74) is 2.54. The van der Waals surface area contributed by atoms with Gasteiger partial charge in [0.15, 0.2) is 0 Å². The molecule has 0 saturated heterocycles. The molecule has 0 unspecified atom stereocenters. The normalized spacial score (nSPS) is 16.7. The Hall–Kier alpha value is -0.990. The van der Waals surface area contributed by atoms with Gasteiger partial charge >= 0.3 is 0 Å². The van der Waals surface area contributed by atoms with Gasteiger partial charge in [0.1, 0.15) is 0 Å². The van der Waals surface area contributed by atoms with Gasteiger partial charge in [-0.25, -0.2) is 0 Å². The molecular weight excluding hydrogens is 244 g/mol. The van der Waals surface area contributed by atoms with Gasteiger partial charge in [0.25, 0.3) is 0 Å². The number of hydrogen-bond acceptors (Lipinski definition) is 1. The first kappa shape index (κ1) is 12.1. The van der Waals surface area contributed by atoms with E-state index < -0.39 is 0 Å². The second-order valence-corrected chi connectivity index (χ2v) is 5.63. The maximum atomic E-state index is 6.06. The fraction of sp³-hybridized carbons (Fsp3) is 0.467. The fourth-order valence-electron chi connectivity index (χ4n) is 2.90. The van der Waals surface area contributed by atoms with Gasteiger partial charge in [-0.3, -0.25) is 0 Å². The van der Waals surface area contributed by atoms with E-state index in [0.717, 1.165) is 24.0 Å². The average Bonchev–Trinajstić information content (AvgIpc) is 2.99. The Kier molecular flexibility index (Phi) is 3.57. The molecule has 1 aromatic heterocycles. The molecule has 1 aliphatic rings. The monoisotopic (exact) mass is 262 g/mol. The average molecular weight is 263 g/mol. The molecule has 0 atom stereocenters. The molecule has 1 aliphatic carbocycles. The molecule has 0 bridgehead atoms. The number of H-pyrrole nitrogens is 1. The van der Waals surface area contributed by atoms with Crippen LogP contribution in [0.5, 0.6) is 0 Å². The highest BCUT2D eigenvalue weighted by Gasteiger charge is 2.13. The minimum Gasteiger partial charge on any atom is -0.361 e. The van der Waals surface area contributed by atoms with Gasteiger partial charge in [-0.2, -0.15) is 0 Å². The Morgan fingerprint density at radius 1 is 1.28 bits per heavy atom. The Morgan fingerprint density at radius 2 is 2.11 bits per heavy atom. The van der Waals surface area contributed by atoms with E-state index in [1.807, 2.05) is 12.1 Å². The van der Waals surface area contributed by atoms with E-state index in [1.54, 1.807) is 0 Å². The van der Waals surface area contributed by atoms with E-state index in [4.69, 9.17) is 11.6 Å². The number of halogens is 1. The summed E-state index contributed by atoms with van der Waals surface area (Å²) in [5, 5.41) is 5.72. The Bertz CT molecular complexity index is 526. The smallest absolute Gasteiger partial charge is 0.0457 e. The Balaban J connectivity index is 1.65. The lowest BCUT2D eigenvalue weighted by Crippen LogP contribution is -2.27. The zero-order chi connectivity index (χ0) is 12.4. The molecule has 2 nitrogen and oxygen atoms in total. The van der Waals surface area contributed by atoms with Crippen LogP contribution in [0.1, 0.15) is 31.2 Å². The van der Waals surface area contributed by atoms with Crippen LogP contribution in [0.25, 0.3) is 10.9 Å². The molecule has 1 saturated carbocycles. The second kappa shape index (κ2) is 5.33. The molecule has 0 amide bonds. The lowest BCUT2D eigenvalue weighted by Gasteiger charge is -2.10. The first-order valence-electron chi connectivity index (χ1n) is 6.82. The summed E-state index contributed by atoms with van der Waals surface area (Å²) in [4.78, 5) is 3.31. The number of fused-ring (bicyclic) bond motifs is 1. The third-order valence-corrected chi connectivity index (χ3v) is 4.15. The quantitative estimate of drug-likeness (QED) is 0.859. The minimum absolute atomic E-state index is 0.749. The molecule has 1 fully saturated rings. The van der Waals surface area contributed by atoms with Crippen molar-refractivity contribution in [1.29, 1.82) is 0 Å². The summed E-state index contributed by atoms with van der Waals surface area (Å²) in [6.07, 6.45) is 8.65. The number of nitrogens with one attached hydrogen (secondary N) is 2. The van der Waals surface area contributed by atoms with Gasteiger partial charge in [0, 0.05) is 28.2 Å². The number of aromatic nitrogens is 1. The maximum Gasteiger partial charge on any atom is 0.0457 e. The summed E-state index contributed by atoms with van der Waals surface area (Å²) < 4.78 is 0. The molecule has 0 radical (unpaired) electrons. The first-order chi connectivity index (χ1) is 8.83. The van der Waals surface area contributed by atoms with Crippen molar-refractivity contribution in [2.24, 2.45) is 0 Å². The second-order valence-electron chi connectivity index (χ2n) is 5.19. The standard InChI is InChI=1S/C15H19ClN2/c16-12-5-6-15-14(9-12)11(10-18-15)7-8-17-13-3-1-2-4-13/h5-6,9-10,13,17-18H,1-4,7-8H2. The largest absolute Gasteiger partial charge is 0.361 e. The lowest BCUT2D eigenvalue weighted by atomic mass is 10.1. The highest BCUT2D eigenvalue weighted by molar-refractivity contribution is 6.31. The van der Waals surface area contributed by atoms with E-state index in [2.05, 4.69) is 22.6 Å². The molecule has 3 rings (SSSR count). The maximum absolute atomic E-state index is 6.06. The summed E-state index contributed by atoms with van der Waals surface area (Å²) in [6, 6.07) is 6.78. The summed E-state index contributed by atoms with van der Waals surface area (Å²) in [7, 11) is 0. The zero-order valence-corrected chi connectivity index (χ0v) is 11.3. The first-order valence-corrected chi connectivity index (χ1v) is 7.19. The van der Waals surface area contributed by atoms with Crippen molar-refractivity contribution in [1.82, 2.24) is 10.3 Å². The number of aromatic amines is 1. The Morgan fingerprint density at radius 3 is 2.94 bits per heavy atom. The van der Waals surface area contributed by atoms with Crippen LogP contribution in [0.3, 0.4) is 0 Å². The van der Waals surface area contributed by atoms with Crippen molar-refractivity contribution in [3.8, 4) is 0 Å². The van der Waals surface area contributed by atoms with Crippen molar-refractivity contribution in [2.75, 3.05) is 6.54 Å². The number of hydrogen-bond donors (Lipinski definition) is 2. The van der Waals surface area contributed by atoms with Crippen LogP contribution in [0, 0.1) is 0 Å². The van der Waals surface area contributed by atoms with Crippen LogP contribution in [0.4, 0.5) is 0 Å². The fourth-order valence-corrected chi connectivity index (χ4v) is 3.07. The van der Waals surface area contributed by atoms with Gasteiger partial charge in [0.05, 0.1) is 0 Å². The SMILES string of the molecule is Clc1ccc2[nH]cc(CCNC3CCCC3)c2c1. The molecule has 1 heterocycles. The molecule has 0 spiro atoms. The number of rotatable bonds is 4. The van der Waals surface area contributed by atoms with Crippen LogP contribution in [-0.2, 0) is 6.42 Å². The van der Waals surface area contributed by atoms with Crippen molar-refractivity contribution >= 4 is 22.5 Å². The summed E-state index contributed by atoms with van der Waals surface area (Å²) in [5.74, 6) is 0. The van der Waals surface area contributed by atoms with Gasteiger partial charge < -0.3 is 10.3 Å². The van der Waals surface area contributed by atoms with Gasteiger partial charge in [-0.1, -0.05) is 24.4 Å². The predicted octanol–water partition coefficient (Wildman–Crippen LogP) is 3.90. The van der Waals surface area contributed by atoms with Crippen molar-refractivity contribution in [3.05, 3.63) is 35.0 Å². The van der Waals surface area contributed by atoms with E-state index in [9.17, 15) is 0 Å². The number of benzene rings is 1. The van der Waals surface area contributed by atoms with E-state index in [0.29, 0.717) is 0 Å². The Labute approximate surface area is 113 Å². The highest BCUT2D eigenvalue weighted by atomic mass is 35.5.